The molecule has 1 N–H and O–H groups in total. The van der Waals surface area contributed by atoms with E-state index in [2.05, 4.69) is 0 Å². The van der Waals surface area contributed by atoms with Crippen LogP contribution in [0.2, 0.25) is 10.0 Å². The fourth-order valence-electron chi connectivity index (χ4n) is 1.58. The molecule has 1 atom stereocenters. The molecule has 1 aromatic carbocycles. The SMILES string of the molecule is COc1c(Cl)cc(C(=O)N(C)CCC(C)O)cc1Cl. The monoisotopic (exact) mass is 305 g/mol. The summed E-state index contributed by atoms with van der Waals surface area (Å²) in [7, 11) is 3.13. The Balaban J connectivity index is 2.88. The van der Waals surface area contributed by atoms with Crippen molar-refractivity contribution in [2.45, 2.75) is 19.4 Å². The van der Waals surface area contributed by atoms with Gasteiger partial charge < -0.3 is 14.7 Å². The fraction of sp³-hybridized carbons (Fsp3) is 0.462. The maximum Gasteiger partial charge on any atom is 0.253 e. The van der Waals surface area contributed by atoms with Gasteiger partial charge in [-0.1, -0.05) is 23.2 Å². The van der Waals surface area contributed by atoms with E-state index in [1.807, 2.05) is 0 Å². The predicted octanol–water partition coefficient (Wildman–Crippen LogP) is 2.84. The van der Waals surface area contributed by atoms with Crippen LogP contribution in [0.15, 0.2) is 12.1 Å². The number of aliphatic hydroxyl groups is 1. The molecule has 106 valence electrons. The highest BCUT2D eigenvalue weighted by molar-refractivity contribution is 6.37. The van der Waals surface area contributed by atoms with E-state index in [-0.39, 0.29) is 5.91 Å². The Morgan fingerprint density at radius 1 is 1.42 bits per heavy atom. The van der Waals surface area contributed by atoms with Gasteiger partial charge in [-0.3, -0.25) is 4.79 Å². The van der Waals surface area contributed by atoms with Crippen molar-refractivity contribution in [1.29, 1.82) is 0 Å². The number of carbonyl (C=O) groups is 1. The first kappa shape index (κ1) is 16.1. The molecule has 19 heavy (non-hydrogen) atoms. The van der Waals surface area contributed by atoms with Crippen molar-refractivity contribution in [3.8, 4) is 5.75 Å². The van der Waals surface area contributed by atoms with E-state index in [1.165, 1.54) is 24.1 Å². The summed E-state index contributed by atoms with van der Waals surface area (Å²) in [5, 5.41) is 9.80. The first-order valence-corrected chi connectivity index (χ1v) is 6.59. The standard InChI is InChI=1S/C13H17Cl2NO3/c1-8(17)4-5-16(2)13(18)9-6-10(14)12(19-3)11(15)7-9/h6-8,17H,4-5H2,1-3H3. The van der Waals surface area contributed by atoms with E-state index in [4.69, 9.17) is 27.9 Å². The van der Waals surface area contributed by atoms with Crippen molar-refractivity contribution >= 4 is 29.1 Å². The lowest BCUT2D eigenvalue weighted by molar-refractivity contribution is 0.0769. The van der Waals surface area contributed by atoms with E-state index in [1.54, 1.807) is 14.0 Å². The number of aliphatic hydroxyl groups excluding tert-OH is 1. The zero-order valence-electron chi connectivity index (χ0n) is 11.1. The maximum absolute atomic E-state index is 12.1. The summed E-state index contributed by atoms with van der Waals surface area (Å²) in [4.78, 5) is 13.7. The van der Waals surface area contributed by atoms with Crippen molar-refractivity contribution in [2.75, 3.05) is 20.7 Å². The van der Waals surface area contributed by atoms with Gasteiger partial charge in [0.1, 0.15) is 0 Å². The second kappa shape index (κ2) is 6.98. The maximum atomic E-state index is 12.1. The lowest BCUT2D eigenvalue weighted by atomic mass is 10.2. The first-order chi connectivity index (χ1) is 8.86. The normalized spacial score (nSPS) is 12.1. The molecule has 0 radical (unpaired) electrons. The molecular formula is C13H17Cl2NO3. The molecule has 1 amide bonds. The summed E-state index contributed by atoms with van der Waals surface area (Å²) in [6, 6.07) is 3.04. The number of benzene rings is 1. The number of amides is 1. The van der Waals surface area contributed by atoms with Crippen LogP contribution >= 0.6 is 23.2 Å². The number of halogens is 2. The molecular weight excluding hydrogens is 289 g/mol. The molecule has 1 rings (SSSR count). The zero-order chi connectivity index (χ0) is 14.6. The molecule has 0 bridgehead atoms. The van der Waals surface area contributed by atoms with E-state index in [9.17, 15) is 9.90 Å². The smallest absolute Gasteiger partial charge is 0.253 e. The van der Waals surface area contributed by atoms with E-state index >= 15 is 0 Å². The minimum atomic E-state index is -0.446. The Morgan fingerprint density at radius 3 is 2.37 bits per heavy atom. The third-order valence-corrected chi connectivity index (χ3v) is 3.24. The number of nitrogens with zero attached hydrogens (tertiary/aromatic N) is 1. The van der Waals surface area contributed by atoms with Gasteiger partial charge in [0.25, 0.3) is 5.91 Å². The van der Waals surface area contributed by atoms with Gasteiger partial charge in [0.05, 0.1) is 23.3 Å². The van der Waals surface area contributed by atoms with Crippen LogP contribution in [0.3, 0.4) is 0 Å². The molecule has 0 aliphatic rings. The van der Waals surface area contributed by atoms with Crippen LogP contribution in [-0.2, 0) is 0 Å². The minimum Gasteiger partial charge on any atom is -0.494 e. The zero-order valence-corrected chi connectivity index (χ0v) is 12.6. The lowest BCUT2D eigenvalue weighted by Crippen LogP contribution is -2.29. The molecule has 0 spiro atoms. The second-order valence-electron chi connectivity index (χ2n) is 4.34. The Morgan fingerprint density at radius 2 is 1.95 bits per heavy atom. The largest absolute Gasteiger partial charge is 0.494 e. The predicted molar refractivity (Wildman–Crippen MR) is 76.3 cm³/mol. The van der Waals surface area contributed by atoms with Crippen molar-refractivity contribution in [2.24, 2.45) is 0 Å². The molecule has 0 saturated heterocycles. The second-order valence-corrected chi connectivity index (χ2v) is 5.15. The van der Waals surface area contributed by atoms with Crippen molar-refractivity contribution in [1.82, 2.24) is 4.90 Å². The Labute approximate surface area is 122 Å². The average Bonchev–Trinajstić information content (AvgIpc) is 2.34. The van der Waals surface area contributed by atoms with Crippen LogP contribution in [0.25, 0.3) is 0 Å². The van der Waals surface area contributed by atoms with Gasteiger partial charge in [-0.25, -0.2) is 0 Å². The molecule has 0 aromatic heterocycles. The van der Waals surface area contributed by atoms with Crippen molar-refractivity contribution < 1.29 is 14.6 Å². The lowest BCUT2D eigenvalue weighted by Gasteiger charge is -2.18. The molecule has 0 heterocycles. The van der Waals surface area contributed by atoms with E-state index < -0.39 is 6.10 Å². The number of rotatable bonds is 5. The molecule has 0 fully saturated rings. The van der Waals surface area contributed by atoms with Gasteiger partial charge in [-0.15, -0.1) is 0 Å². The minimum absolute atomic E-state index is 0.202. The quantitative estimate of drug-likeness (QED) is 0.910. The van der Waals surface area contributed by atoms with Crippen LogP contribution < -0.4 is 4.74 Å². The van der Waals surface area contributed by atoms with E-state index in [0.29, 0.717) is 34.3 Å². The summed E-state index contributed by atoms with van der Waals surface area (Å²) in [6.45, 7) is 2.14. The number of ether oxygens (including phenoxy) is 1. The van der Waals surface area contributed by atoms with Gasteiger partial charge in [-0.2, -0.15) is 0 Å². The fourth-order valence-corrected chi connectivity index (χ4v) is 2.22. The third kappa shape index (κ3) is 4.27. The summed E-state index contributed by atoms with van der Waals surface area (Å²) in [5.74, 6) is 0.151. The van der Waals surface area contributed by atoms with Crippen LogP contribution in [0, 0.1) is 0 Å². The Bertz CT molecular complexity index is 440. The van der Waals surface area contributed by atoms with Crippen LogP contribution in [0.5, 0.6) is 5.75 Å². The molecule has 0 saturated carbocycles. The number of hydrogen-bond donors (Lipinski definition) is 1. The molecule has 0 aliphatic carbocycles. The molecule has 1 unspecified atom stereocenters. The molecule has 0 aliphatic heterocycles. The van der Waals surface area contributed by atoms with E-state index in [0.717, 1.165) is 0 Å². The third-order valence-electron chi connectivity index (χ3n) is 2.68. The highest BCUT2D eigenvalue weighted by Gasteiger charge is 2.16. The summed E-state index contributed by atoms with van der Waals surface area (Å²) in [6.07, 6.45) is 0.0677. The van der Waals surface area contributed by atoms with Gasteiger partial charge in [0.2, 0.25) is 0 Å². The number of hydrogen-bond acceptors (Lipinski definition) is 3. The number of methoxy groups -OCH3 is 1. The van der Waals surface area contributed by atoms with Crippen LogP contribution in [-0.4, -0.2) is 42.7 Å². The van der Waals surface area contributed by atoms with Gasteiger partial charge in [0.15, 0.2) is 5.75 Å². The Kier molecular flexibility index (Phi) is 5.91. The van der Waals surface area contributed by atoms with Crippen LogP contribution in [0.4, 0.5) is 0 Å². The van der Waals surface area contributed by atoms with Crippen molar-refractivity contribution in [3.05, 3.63) is 27.7 Å². The summed E-state index contributed by atoms with van der Waals surface area (Å²) in [5.41, 5.74) is 0.392. The van der Waals surface area contributed by atoms with Crippen molar-refractivity contribution in [3.63, 3.8) is 0 Å². The summed E-state index contributed by atoms with van der Waals surface area (Å²) >= 11 is 12.0. The van der Waals surface area contributed by atoms with Gasteiger partial charge in [-0.05, 0) is 25.5 Å². The number of carbonyl (C=O) groups excluding carboxylic acids is 1. The first-order valence-electron chi connectivity index (χ1n) is 5.83. The van der Waals surface area contributed by atoms with Gasteiger partial charge >= 0.3 is 0 Å². The molecule has 1 aromatic rings. The van der Waals surface area contributed by atoms with Crippen LogP contribution in [0.1, 0.15) is 23.7 Å². The average molecular weight is 306 g/mol. The highest BCUT2D eigenvalue weighted by Crippen LogP contribution is 2.34. The topological polar surface area (TPSA) is 49.8 Å². The van der Waals surface area contributed by atoms with Gasteiger partial charge in [0, 0.05) is 19.2 Å². The molecule has 4 nitrogen and oxygen atoms in total. The Hall–Kier alpha value is -0.970. The highest BCUT2D eigenvalue weighted by atomic mass is 35.5. The summed E-state index contributed by atoms with van der Waals surface area (Å²) < 4.78 is 5.03. The molecule has 6 heteroatoms.